The lowest BCUT2D eigenvalue weighted by Gasteiger charge is -2.31. The van der Waals surface area contributed by atoms with E-state index in [1.165, 1.54) is 0 Å². The quantitative estimate of drug-likeness (QED) is 0.856. The molecule has 3 atom stereocenters. The SMILES string of the molecule is CC(C)c1nnc([C@@H]2CN(C(=O)[C@@H]3C[C@@H]3c3ccco3)CCO2)o1. The molecule has 0 bridgehead atoms. The molecule has 0 spiro atoms. The fraction of sp³-hybridized carbons (Fsp3) is 0.588. The smallest absolute Gasteiger partial charge is 0.247 e. The molecule has 1 aliphatic heterocycles. The molecule has 2 aromatic rings. The number of amides is 1. The number of carbonyl (C=O) groups is 1. The van der Waals surface area contributed by atoms with Crippen LogP contribution in [-0.4, -0.2) is 40.7 Å². The average Bonchev–Trinajstić information content (AvgIpc) is 3.03. The van der Waals surface area contributed by atoms with Crippen molar-refractivity contribution in [1.29, 1.82) is 0 Å². The molecule has 1 saturated heterocycles. The molecule has 0 N–H and O–H groups in total. The van der Waals surface area contributed by atoms with E-state index in [0.717, 1.165) is 12.2 Å². The summed E-state index contributed by atoms with van der Waals surface area (Å²) in [6.07, 6.45) is 2.16. The summed E-state index contributed by atoms with van der Waals surface area (Å²) in [6, 6.07) is 3.80. The minimum absolute atomic E-state index is 0.0174. The highest BCUT2D eigenvalue weighted by atomic mass is 16.5. The molecular formula is C17H21N3O4. The number of furan rings is 1. The zero-order valence-electron chi connectivity index (χ0n) is 13.8. The van der Waals surface area contributed by atoms with Crippen molar-refractivity contribution in [3.8, 4) is 0 Å². The molecule has 4 rings (SSSR count). The maximum atomic E-state index is 12.7. The minimum atomic E-state index is -0.344. The van der Waals surface area contributed by atoms with Gasteiger partial charge in [0.1, 0.15) is 5.76 Å². The maximum absolute atomic E-state index is 12.7. The van der Waals surface area contributed by atoms with E-state index in [1.807, 2.05) is 30.9 Å². The van der Waals surface area contributed by atoms with Gasteiger partial charge in [-0.2, -0.15) is 0 Å². The fourth-order valence-electron chi connectivity index (χ4n) is 3.13. The number of nitrogens with zero attached hydrogens (tertiary/aromatic N) is 3. The van der Waals surface area contributed by atoms with Gasteiger partial charge in [0.25, 0.3) is 0 Å². The van der Waals surface area contributed by atoms with Crippen LogP contribution in [0.3, 0.4) is 0 Å². The summed E-state index contributed by atoms with van der Waals surface area (Å²) in [5.74, 6) is 2.51. The molecule has 2 aliphatic rings. The van der Waals surface area contributed by atoms with Gasteiger partial charge in [-0.3, -0.25) is 4.79 Å². The Hall–Kier alpha value is -2.15. The van der Waals surface area contributed by atoms with E-state index in [0.29, 0.717) is 31.5 Å². The summed E-state index contributed by atoms with van der Waals surface area (Å²) in [4.78, 5) is 14.6. The first kappa shape index (κ1) is 15.4. The normalized spacial score (nSPS) is 26.8. The second kappa shape index (κ2) is 6.05. The van der Waals surface area contributed by atoms with Gasteiger partial charge in [0.2, 0.25) is 17.7 Å². The largest absolute Gasteiger partial charge is 0.469 e. The van der Waals surface area contributed by atoms with Gasteiger partial charge < -0.3 is 18.5 Å². The van der Waals surface area contributed by atoms with Crippen LogP contribution in [0.5, 0.6) is 0 Å². The van der Waals surface area contributed by atoms with Crippen molar-refractivity contribution < 1.29 is 18.4 Å². The molecule has 7 heteroatoms. The highest BCUT2D eigenvalue weighted by Crippen LogP contribution is 2.48. The number of hydrogen-bond donors (Lipinski definition) is 0. The molecule has 0 radical (unpaired) electrons. The predicted molar refractivity (Wildman–Crippen MR) is 83.2 cm³/mol. The standard InChI is InChI=1S/C17H21N3O4/c1-10(2)15-18-19-16(24-15)14-9-20(5-7-23-14)17(21)12-8-11(12)13-4-3-6-22-13/h3-4,6,10-12,14H,5,7-9H2,1-2H3/t11-,12+,14-/m0/s1. The molecule has 2 fully saturated rings. The lowest BCUT2D eigenvalue weighted by molar-refractivity contribution is -0.141. The van der Waals surface area contributed by atoms with Crippen LogP contribution >= 0.6 is 0 Å². The molecule has 7 nitrogen and oxygen atoms in total. The first-order valence-electron chi connectivity index (χ1n) is 8.40. The summed E-state index contributed by atoms with van der Waals surface area (Å²) in [6.45, 7) is 5.53. The van der Waals surface area contributed by atoms with E-state index < -0.39 is 0 Å². The molecule has 1 aliphatic carbocycles. The predicted octanol–water partition coefficient (Wildman–Crippen LogP) is 2.49. The third-order valence-corrected chi connectivity index (χ3v) is 4.62. The highest BCUT2D eigenvalue weighted by Gasteiger charge is 2.48. The van der Waals surface area contributed by atoms with Crippen LogP contribution in [0.1, 0.15) is 55.7 Å². The van der Waals surface area contributed by atoms with E-state index >= 15 is 0 Å². The van der Waals surface area contributed by atoms with Gasteiger partial charge in [0.05, 0.1) is 19.4 Å². The van der Waals surface area contributed by atoms with E-state index in [2.05, 4.69) is 10.2 Å². The number of carbonyl (C=O) groups excluding carboxylic acids is 1. The Labute approximate surface area is 140 Å². The monoisotopic (exact) mass is 331 g/mol. The van der Waals surface area contributed by atoms with Crippen LogP contribution in [0.25, 0.3) is 0 Å². The van der Waals surface area contributed by atoms with Crippen LogP contribution < -0.4 is 0 Å². The Morgan fingerprint density at radius 1 is 1.38 bits per heavy atom. The van der Waals surface area contributed by atoms with Gasteiger partial charge >= 0.3 is 0 Å². The van der Waals surface area contributed by atoms with Crippen LogP contribution in [0.2, 0.25) is 0 Å². The molecule has 3 heterocycles. The molecule has 1 amide bonds. The third kappa shape index (κ3) is 2.84. The number of aromatic nitrogens is 2. The van der Waals surface area contributed by atoms with Crippen LogP contribution in [0.4, 0.5) is 0 Å². The van der Waals surface area contributed by atoms with E-state index in [9.17, 15) is 4.79 Å². The zero-order valence-corrected chi connectivity index (χ0v) is 13.8. The first-order valence-corrected chi connectivity index (χ1v) is 8.40. The Kier molecular flexibility index (Phi) is 3.88. The van der Waals surface area contributed by atoms with Crippen LogP contribution in [0.15, 0.2) is 27.2 Å². The van der Waals surface area contributed by atoms with Crippen molar-refractivity contribution >= 4 is 5.91 Å². The lowest BCUT2D eigenvalue weighted by Crippen LogP contribution is -2.43. The first-order chi connectivity index (χ1) is 11.6. The van der Waals surface area contributed by atoms with Crippen molar-refractivity contribution in [2.75, 3.05) is 19.7 Å². The minimum Gasteiger partial charge on any atom is -0.469 e. The maximum Gasteiger partial charge on any atom is 0.247 e. The van der Waals surface area contributed by atoms with E-state index in [1.54, 1.807) is 6.26 Å². The molecule has 24 heavy (non-hydrogen) atoms. The summed E-state index contributed by atoms with van der Waals surface area (Å²) >= 11 is 0. The third-order valence-electron chi connectivity index (χ3n) is 4.62. The second-order valence-corrected chi connectivity index (χ2v) is 6.74. The molecule has 2 aromatic heterocycles. The van der Waals surface area contributed by atoms with Gasteiger partial charge in [-0.25, -0.2) is 0 Å². The summed E-state index contributed by atoms with van der Waals surface area (Å²) in [5, 5.41) is 8.12. The Morgan fingerprint density at radius 3 is 2.96 bits per heavy atom. The van der Waals surface area contributed by atoms with Crippen LogP contribution in [-0.2, 0) is 9.53 Å². The second-order valence-electron chi connectivity index (χ2n) is 6.74. The zero-order chi connectivity index (χ0) is 16.7. The number of rotatable bonds is 4. The van der Waals surface area contributed by atoms with Gasteiger partial charge in [-0.05, 0) is 18.6 Å². The number of morpholine rings is 1. The molecule has 0 unspecified atom stereocenters. The van der Waals surface area contributed by atoms with Crippen LogP contribution in [0, 0.1) is 5.92 Å². The summed E-state index contributed by atoms with van der Waals surface area (Å²) < 4.78 is 16.8. The average molecular weight is 331 g/mol. The van der Waals surface area contributed by atoms with Gasteiger partial charge in [0.15, 0.2) is 6.10 Å². The molecule has 128 valence electrons. The van der Waals surface area contributed by atoms with Crippen molar-refractivity contribution in [2.45, 2.75) is 38.2 Å². The Balaban J connectivity index is 1.40. The molecular weight excluding hydrogens is 310 g/mol. The van der Waals surface area contributed by atoms with Gasteiger partial charge in [-0.15, -0.1) is 10.2 Å². The Bertz CT molecular complexity index is 709. The van der Waals surface area contributed by atoms with Gasteiger partial charge in [-0.1, -0.05) is 13.8 Å². The summed E-state index contributed by atoms with van der Waals surface area (Å²) in [7, 11) is 0. The number of hydrogen-bond acceptors (Lipinski definition) is 6. The van der Waals surface area contributed by atoms with E-state index in [-0.39, 0.29) is 29.8 Å². The number of ether oxygens (including phenoxy) is 1. The van der Waals surface area contributed by atoms with Gasteiger partial charge in [0, 0.05) is 24.3 Å². The molecule has 1 saturated carbocycles. The van der Waals surface area contributed by atoms with Crippen molar-refractivity contribution in [1.82, 2.24) is 15.1 Å². The van der Waals surface area contributed by atoms with E-state index in [4.69, 9.17) is 13.6 Å². The van der Waals surface area contributed by atoms with Crippen molar-refractivity contribution in [3.63, 3.8) is 0 Å². The summed E-state index contributed by atoms with van der Waals surface area (Å²) in [5.41, 5.74) is 0. The molecule has 0 aromatic carbocycles. The highest BCUT2D eigenvalue weighted by molar-refractivity contribution is 5.83. The Morgan fingerprint density at radius 2 is 2.25 bits per heavy atom. The lowest BCUT2D eigenvalue weighted by atomic mass is 10.2. The van der Waals surface area contributed by atoms with Crippen molar-refractivity contribution in [3.05, 3.63) is 35.9 Å². The fourth-order valence-corrected chi connectivity index (χ4v) is 3.13. The topological polar surface area (TPSA) is 81.6 Å². The van der Waals surface area contributed by atoms with Crippen molar-refractivity contribution in [2.24, 2.45) is 5.92 Å².